The SMILES string of the molecule is CC(C)P1CP(C(C)C)P(C(C)C)CP1C(C)C. The van der Waals surface area contributed by atoms with Crippen molar-refractivity contribution < 1.29 is 0 Å². The van der Waals surface area contributed by atoms with E-state index in [0.717, 1.165) is 22.6 Å². The van der Waals surface area contributed by atoms with Gasteiger partial charge in [0.25, 0.3) is 0 Å². The highest BCUT2D eigenvalue weighted by molar-refractivity contribution is 8.46. The Hall–Kier alpha value is 1.72. The molecule has 4 heteroatoms. The lowest BCUT2D eigenvalue weighted by Crippen LogP contribution is -2.13. The summed E-state index contributed by atoms with van der Waals surface area (Å²) in [4.78, 5) is 0. The first-order chi connectivity index (χ1) is 8.25. The molecule has 1 heterocycles. The lowest BCUT2D eigenvalue weighted by molar-refractivity contribution is 1.07. The van der Waals surface area contributed by atoms with Gasteiger partial charge in [-0.1, -0.05) is 85.8 Å². The molecule has 0 aromatic heterocycles. The summed E-state index contributed by atoms with van der Waals surface area (Å²) < 4.78 is 0. The van der Waals surface area contributed by atoms with E-state index in [4.69, 9.17) is 0 Å². The van der Waals surface area contributed by atoms with Crippen molar-refractivity contribution in [2.45, 2.75) is 78.0 Å². The van der Waals surface area contributed by atoms with Crippen LogP contribution < -0.4 is 0 Å². The van der Waals surface area contributed by atoms with Gasteiger partial charge in [-0.3, -0.25) is 0 Å². The van der Waals surface area contributed by atoms with Crippen LogP contribution in [0, 0.1) is 0 Å². The molecular formula is C14H32P4. The first kappa shape index (κ1) is 17.8. The molecule has 0 N–H and O–H groups in total. The van der Waals surface area contributed by atoms with Crippen LogP contribution in [0.4, 0.5) is 0 Å². The van der Waals surface area contributed by atoms with E-state index in [1.165, 1.54) is 0 Å². The third kappa shape index (κ3) is 4.36. The summed E-state index contributed by atoms with van der Waals surface area (Å²) in [6, 6.07) is 0. The molecule has 1 rings (SSSR count). The van der Waals surface area contributed by atoms with Gasteiger partial charge in [-0.25, -0.2) is 0 Å². The average molecular weight is 324 g/mol. The second-order valence-corrected chi connectivity index (χ2v) is 22.5. The van der Waals surface area contributed by atoms with Gasteiger partial charge in [-0.15, -0.1) is 0 Å². The molecular weight excluding hydrogens is 292 g/mol. The lowest BCUT2D eigenvalue weighted by atomic mass is 10.6. The van der Waals surface area contributed by atoms with E-state index in [1.54, 1.807) is 11.8 Å². The van der Waals surface area contributed by atoms with Crippen molar-refractivity contribution in [1.82, 2.24) is 0 Å². The minimum Gasteiger partial charge on any atom is -0.0730 e. The van der Waals surface area contributed by atoms with E-state index in [9.17, 15) is 0 Å². The van der Waals surface area contributed by atoms with Gasteiger partial charge in [0.05, 0.1) is 0 Å². The molecule has 0 aliphatic carbocycles. The Morgan fingerprint density at radius 3 is 0.722 bits per heavy atom. The number of rotatable bonds is 4. The van der Waals surface area contributed by atoms with Crippen molar-refractivity contribution in [3.05, 3.63) is 0 Å². The Balaban J connectivity index is 2.91. The molecule has 1 saturated heterocycles. The quantitative estimate of drug-likeness (QED) is 0.476. The molecule has 18 heavy (non-hydrogen) atoms. The van der Waals surface area contributed by atoms with E-state index in [1.807, 2.05) is 0 Å². The van der Waals surface area contributed by atoms with Crippen molar-refractivity contribution in [2.24, 2.45) is 0 Å². The molecule has 1 aliphatic heterocycles. The van der Waals surface area contributed by atoms with Crippen molar-refractivity contribution in [1.29, 1.82) is 0 Å². The zero-order valence-electron chi connectivity index (χ0n) is 13.5. The molecule has 0 aromatic rings. The van der Waals surface area contributed by atoms with Crippen LogP contribution in [0.5, 0.6) is 0 Å². The topological polar surface area (TPSA) is 0 Å². The first-order valence-electron chi connectivity index (χ1n) is 7.32. The molecule has 4 unspecified atom stereocenters. The maximum atomic E-state index is 2.50. The van der Waals surface area contributed by atoms with Crippen molar-refractivity contribution >= 4 is 30.4 Å². The molecule has 108 valence electrons. The predicted molar refractivity (Wildman–Crippen MR) is 98.0 cm³/mol. The number of hydrogen-bond acceptors (Lipinski definition) is 0. The maximum absolute atomic E-state index is 2.50. The second-order valence-electron chi connectivity index (χ2n) is 6.42. The van der Waals surface area contributed by atoms with E-state index in [0.29, 0.717) is 30.4 Å². The Bertz CT molecular complexity index is 200. The van der Waals surface area contributed by atoms with Gasteiger partial charge in [-0.2, -0.15) is 0 Å². The summed E-state index contributed by atoms with van der Waals surface area (Å²) in [7, 11) is 1.41. The second kappa shape index (κ2) is 7.65. The molecule has 1 aliphatic rings. The van der Waals surface area contributed by atoms with Gasteiger partial charge in [0.1, 0.15) is 0 Å². The number of hydrogen-bond donors (Lipinski definition) is 0. The highest BCUT2D eigenvalue weighted by Gasteiger charge is 2.40. The largest absolute Gasteiger partial charge is 0.0730 e. The summed E-state index contributed by atoms with van der Waals surface area (Å²) in [5.41, 5.74) is 3.89. The van der Waals surface area contributed by atoms with Crippen molar-refractivity contribution in [3.63, 3.8) is 0 Å². The fourth-order valence-corrected chi connectivity index (χ4v) is 34.7. The Labute approximate surface area is 120 Å². The van der Waals surface area contributed by atoms with Crippen LogP contribution in [0.1, 0.15) is 55.4 Å². The highest BCUT2D eigenvalue weighted by Crippen LogP contribution is 2.93. The lowest BCUT2D eigenvalue weighted by Gasteiger charge is -2.49. The molecule has 0 nitrogen and oxygen atoms in total. The molecule has 0 bridgehead atoms. The van der Waals surface area contributed by atoms with Gasteiger partial charge in [0.15, 0.2) is 0 Å². The zero-order chi connectivity index (χ0) is 14.0. The molecule has 0 radical (unpaired) electrons. The monoisotopic (exact) mass is 324 g/mol. The van der Waals surface area contributed by atoms with Crippen molar-refractivity contribution in [3.8, 4) is 0 Å². The molecule has 0 saturated carbocycles. The summed E-state index contributed by atoms with van der Waals surface area (Å²) >= 11 is 0. The van der Waals surface area contributed by atoms with Gasteiger partial charge < -0.3 is 0 Å². The summed E-state index contributed by atoms with van der Waals surface area (Å²) in [5, 5.41) is 0. The molecule has 0 aromatic carbocycles. The molecule has 0 amide bonds. The first-order valence-corrected chi connectivity index (χ1v) is 15.1. The van der Waals surface area contributed by atoms with E-state index in [-0.39, 0.29) is 0 Å². The predicted octanol–water partition coefficient (Wildman–Crippen LogP) is 7.31. The van der Waals surface area contributed by atoms with Gasteiger partial charge in [0.2, 0.25) is 0 Å². The van der Waals surface area contributed by atoms with Gasteiger partial charge in [0, 0.05) is 0 Å². The highest BCUT2D eigenvalue weighted by atomic mass is 32.1. The Kier molecular flexibility index (Phi) is 7.55. The Morgan fingerprint density at radius 1 is 0.444 bits per heavy atom. The van der Waals surface area contributed by atoms with Crippen LogP contribution in [0.15, 0.2) is 0 Å². The van der Waals surface area contributed by atoms with Crippen LogP contribution in [0.2, 0.25) is 0 Å². The van der Waals surface area contributed by atoms with Gasteiger partial charge >= 0.3 is 0 Å². The van der Waals surface area contributed by atoms with Crippen LogP contribution in [0.25, 0.3) is 0 Å². The van der Waals surface area contributed by atoms with E-state index in [2.05, 4.69) is 55.4 Å². The normalized spacial score (nSPS) is 34.0. The zero-order valence-corrected chi connectivity index (χ0v) is 17.1. The fraction of sp³-hybridized carbons (Fsp3) is 1.00. The third-order valence-corrected chi connectivity index (χ3v) is 28.4. The summed E-state index contributed by atoms with van der Waals surface area (Å²) in [6.45, 7) is 20.0. The van der Waals surface area contributed by atoms with Gasteiger partial charge in [-0.05, 0) is 34.4 Å². The third-order valence-electron chi connectivity index (χ3n) is 3.62. The van der Waals surface area contributed by atoms with Crippen molar-refractivity contribution in [2.75, 3.05) is 11.8 Å². The smallest absolute Gasteiger partial charge is 0.00379 e. The minimum atomic E-state index is 0.353. The molecule has 0 spiro atoms. The molecule has 4 atom stereocenters. The van der Waals surface area contributed by atoms with Crippen LogP contribution in [0.3, 0.4) is 0 Å². The summed E-state index contributed by atoms with van der Waals surface area (Å²) in [6.07, 6.45) is 0. The maximum Gasteiger partial charge on any atom is -0.00379 e. The summed E-state index contributed by atoms with van der Waals surface area (Å²) in [5.74, 6) is 3.32. The van der Waals surface area contributed by atoms with Crippen LogP contribution >= 0.6 is 30.4 Å². The minimum absolute atomic E-state index is 0.353. The standard InChI is InChI=1S/C14H32P4/c1-11(2)15-9-17(13(5)6)18(14(7)8)10-16(15)12(3)4/h11-14H,9-10H2,1-8H3. The fourth-order valence-electron chi connectivity index (χ4n) is 2.46. The Morgan fingerprint density at radius 2 is 0.611 bits per heavy atom. The molecule has 1 fully saturated rings. The average Bonchev–Trinajstić information content (AvgIpc) is 2.26. The van der Waals surface area contributed by atoms with E-state index >= 15 is 0 Å². The van der Waals surface area contributed by atoms with Crippen LogP contribution in [-0.4, -0.2) is 34.4 Å². The van der Waals surface area contributed by atoms with E-state index < -0.39 is 0 Å². The van der Waals surface area contributed by atoms with Crippen LogP contribution in [-0.2, 0) is 0 Å².